The monoisotopic (exact) mass is 230 g/mol. The van der Waals surface area contributed by atoms with Crippen LogP contribution in [-0.4, -0.2) is 22.8 Å². The zero-order valence-electron chi connectivity index (χ0n) is 10.7. The maximum Gasteiger partial charge on any atom is 0.344 e. The molecule has 0 N–H and O–H groups in total. The molecule has 3 heteroatoms. The standard InChI is InChI=1S/C12H26O2Si/c1-5-8-12-10-7-9-11(6-2)15(12,13-3)14-4/h11-12H,5-10H2,1-4H3. The minimum atomic E-state index is -1.91. The van der Waals surface area contributed by atoms with Crippen molar-refractivity contribution in [2.75, 3.05) is 14.2 Å². The summed E-state index contributed by atoms with van der Waals surface area (Å²) in [6.45, 7) is 4.54. The van der Waals surface area contributed by atoms with E-state index in [4.69, 9.17) is 8.85 Å². The van der Waals surface area contributed by atoms with Crippen LogP contribution in [0.15, 0.2) is 0 Å². The quantitative estimate of drug-likeness (QED) is 0.668. The molecule has 0 aromatic carbocycles. The van der Waals surface area contributed by atoms with E-state index in [-0.39, 0.29) is 0 Å². The van der Waals surface area contributed by atoms with Crippen LogP contribution in [0.2, 0.25) is 11.1 Å². The summed E-state index contributed by atoms with van der Waals surface area (Å²) in [5.74, 6) is 0. The summed E-state index contributed by atoms with van der Waals surface area (Å²) >= 11 is 0. The maximum atomic E-state index is 5.91. The highest BCUT2D eigenvalue weighted by atomic mass is 28.4. The lowest BCUT2D eigenvalue weighted by molar-refractivity contribution is 0.193. The van der Waals surface area contributed by atoms with E-state index < -0.39 is 8.56 Å². The molecule has 0 bridgehead atoms. The van der Waals surface area contributed by atoms with Gasteiger partial charge in [0, 0.05) is 25.3 Å². The second kappa shape index (κ2) is 6.02. The summed E-state index contributed by atoms with van der Waals surface area (Å²) in [6.07, 6.45) is 7.74. The van der Waals surface area contributed by atoms with E-state index in [1.165, 1.54) is 38.5 Å². The van der Waals surface area contributed by atoms with Crippen LogP contribution < -0.4 is 0 Å². The van der Waals surface area contributed by atoms with Gasteiger partial charge in [-0.1, -0.05) is 33.1 Å². The number of hydrogen-bond acceptors (Lipinski definition) is 2. The zero-order chi connectivity index (χ0) is 11.3. The van der Waals surface area contributed by atoms with Crippen molar-refractivity contribution in [3.05, 3.63) is 0 Å². The van der Waals surface area contributed by atoms with Crippen LogP contribution in [0, 0.1) is 0 Å². The molecule has 0 spiro atoms. The fourth-order valence-electron chi connectivity index (χ4n) is 3.28. The van der Waals surface area contributed by atoms with Gasteiger partial charge in [0.25, 0.3) is 0 Å². The van der Waals surface area contributed by atoms with Crippen molar-refractivity contribution in [3.63, 3.8) is 0 Å². The van der Waals surface area contributed by atoms with Gasteiger partial charge in [0.2, 0.25) is 0 Å². The second-order valence-corrected chi connectivity index (χ2v) is 8.54. The van der Waals surface area contributed by atoms with Crippen LogP contribution in [0.25, 0.3) is 0 Å². The Hall–Kier alpha value is 0.137. The summed E-state index contributed by atoms with van der Waals surface area (Å²) in [6, 6.07) is 0. The molecule has 1 fully saturated rings. The van der Waals surface area contributed by atoms with Crippen LogP contribution in [0.3, 0.4) is 0 Å². The van der Waals surface area contributed by atoms with Gasteiger partial charge >= 0.3 is 8.56 Å². The Bertz CT molecular complexity index is 178. The van der Waals surface area contributed by atoms with Crippen molar-refractivity contribution in [1.82, 2.24) is 0 Å². The summed E-state index contributed by atoms with van der Waals surface area (Å²) in [7, 11) is 1.82. The minimum absolute atomic E-state index is 0.706. The smallest absolute Gasteiger partial charge is 0.344 e. The van der Waals surface area contributed by atoms with Crippen LogP contribution in [-0.2, 0) is 8.85 Å². The van der Waals surface area contributed by atoms with E-state index in [0.29, 0.717) is 5.54 Å². The van der Waals surface area contributed by atoms with Crippen LogP contribution >= 0.6 is 0 Å². The van der Waals surface area contributed by atoms with E-state index in [9.17, 15) is 0 Å². The molecule has 0 radical (unpaired) electrons. The third-order valence-electron chi connectivity index (χ3n) is 4.01. The van der Waals surface area contributed by atoms with Gasteiger partial charge in [0.1, 0.15) is 0 Å². The van der Waals surface area contributed by atoms with Crippen molar-refractivity contribution in [2.24, 2.45) is 0 Å². The van der Waals surface area contributed by atoms with Gasteiger partial charge in [0.15, 0.2) is 0 Å². The van der Waals surface area contributed by atoms with E-state index in [2.05, 4.69) is 13.8 Å². The third-order valence-corrected chi connectivity index (χ3v) is 8.84. The van der Waals surface area contributed by atoms with E-state index in [1.54, 1.807) is 0 Å². The van der Waals surface area contributed by atoms with Crippen molar-refractivity contribution >= 4 is 8.56 Å². The Balaban J connectivity index is 2.83. The van der Waals surface area contributed by atoms with Crippen molar-refractivity contribution < 1.29 is 8.85 Å². The molecule has 90 valence electrons. The first-order valence-electron chi connectivity index (χ1n) is 6.35. The summed E-state index contributed by atoms with van der Waals surface area (Å²) in [4.78, 5) is 0. The molecule has 1 rings (SSSR count). The SMILES string of the molecule is CCCC1CCCC(CC)[Si]1(OC)OC. The molecule has 1 heterocycles. The zero-order valence-corrected chi connectivity index (χ0v) is 11.7. The highest BCUT2D eigenvalue weighted by Crippen LogP contribution is 2.48. The molecule has 2 nitrogen and oxygen atoms in total. The summed E-state index contributed by atoms with van der Waals surface area (Å²) in [5, 5.41) is 0. The van der Waals surface area contributed by atoms with Gasteiger partial charge < -0.3 is 8.85 Å². The Kier molecular flexibility index (Phi) is 5.30. The normalized spacial score (nSPS) is 30.4. The molecule has 15 heavy (non-hydrogen) atoms. The topological polar surface area (TPSA) is 18.5 Å². The Morgan fingerprint density at radius 2 is 1.67 bits per heavy atom. The minimum Gasteiger partial charge on any atom is -0.397 e. The van der Waals surface area contributed by atoms with Gasteiger partial charge in [0.05, 0.1) is 0 Å². The van der Waals surface area contributed by atoms with Crippen LogP contribution in [0.4, 0.5) is 0 Å². The average Bonchev–Trinajstić information content (AvgIpc) is 2.29. The largest absolute Gasteiger partial charge is 0.397 e. The van der Waals surface area contributed by atoms with Crippen LogP contribution in [0.5, 0.6) is 0 Å². The maximum absolute atomic E-state index is 5.91. The predicted molar refractivity (Wildman–Crippen MR) is 66.3 cm³/mol. The van der Waals surface area contributed by atoms with Crippen molar-refractivity contribution in [1.29, 1.82) is 0 Å². The molecule has 0 aliphatic carbocycles. The van der Waals surface area contributed by atoms with E-state index in [1.807, 2.05) is 14.2 Å². The molecule has 0 aromatic heterocycles. The second-order valence-electron chi connectivity index (χ2n) is 4.65. The molecule has 2 atom stereocenters. The van der Waals surface area contributed by atoms with Gasteiger partial charge in [-0.2, -0.15) is 0 Å². The lowest BCUT2D eigenvalue weighted by Crippen LogP contribution is -2.51. The highest BCUT2D eigenvalue weighted by molar-refractivity contribution is 6.70. The third kappa shape index (κ3) is 2.45. The summed E-state index contributed by atoms with van der Waals surface area (Å²) < 4.78 is 11.8. The molecular formula is C12H26O2Si. The molecule has 1 saturated heterocycles. The molecular weight excluding hydrogens is 204 g/mol. The van der Waals surface area contributed by atoms with E-state index >= 15 is 0 Å². The van der Waals surface area contributed by atoms with Crippen LogP contribution in [0.1, 0.15) is 52.4 Å². The first-order chi connectivity index (χ1) is 7.25. The van der Waals surface area contributed by atoms with Gasteiger partial charge in [-0.3, -0.25) is 0 Å². The first-order valence-corrected chi connectivity index (χ1v) is 8.32. The molecule has 2 unspecified atom stereocenters. The number of hydrogen-bond donors (Lipinski definition) is 0. The first kappa shape index (κ1) is 13.2. The fraction of sp³-hybridized carbons (Fsp3) is 1.00. The summed E-state index contributed by atoms with van der Waals surface area (Å²) in [5.41, 5.74) is 1.42. The average molecular weight is 230 g/mol. The lowest BCUT2D eigenvalue weighted by atomic mass is 10.1. The number of rotatable bonds is 5. The Morgan fingerprint density at radius 1 is 1.07 bits per heavy atom. The van der Waals surface area contributed by atoms with E-state index in [0.717, 1.165) is 5.54 Å². The predicted octanol–water partition coefficient (Wildman–Crippen LogP) is 3.86. The highest BCUT2D eigenvalue weighted by Gasteiger charge is 2.51. The van der Waals surface area contributed by atoms with Crippen molar-refractivity contribution in [3.8, 4) is 0 Å². The Labute approximate surface area is 95.6 Å². The van der Waals surface area contributed by atoms with Crippen molar-refractivity contribution in [2.45, 2.75) is 63.5 Å². The fourth-order valence-corrected chi connectivity index (χ4v) is 7.92. The van der Waals surface area contributed by atoms with Gasteiger partial charge in [-0.25, -0.2) is 0 Å². The molecule has 1 aliphatic rings. The molecule has 0 saturated carbocycles. The molecule has 0 aromatic rings. The van der Waals surface area contributed by atoms with Gasteiger partial charge in [-0.15, -0.1) is 0 Å². The van der Waals surface area contributed by atoms with Gasteiger partial charge in [-0.05, 0) is 19.3 Å². The lowest BCUT2D eigenvalue weighted by Gasteiger charge is -2.44. The Morgan fingerprint density at radius 3 is 2.13 bits per heavy atom. The molecule has 1 aliphatic heterocycles. The molecule has 0 amide bonds.